The molecule has 1 heterocycles. The lowest BCUT2D eigenvalue weighted by Gasteiger charge is -2.25. The van der Waals surface area contributed by atoms with Gasteiger partial charge in [0.15, 0.2) is 0 Å². The van der Waals surface area contributed by atoms with E-state index in [0.717, 1.165) is 32.1 Å². The van der Waals surface area contributed by atoms with Crippen LogP contribution >= 0.6 is 0 Å². The first-order chi connectivity index (χ1) is 10.0. The third-order valence-electron chi connectivity index (χ3n) is 4.09. The lowest BCUT2D eigenvalue weighted by atomic mass is 9.87. The van der Waals surface area contributed by atoms with Crippen LogP contribution in [-0.2, 0) is 6.54 Å². The minimum Gasteiger partial charge on any atom is -0.393 e. The summed E-state index contributed by atoms with van der Waals surface area (Å²) in [5.74, 6) is 0.976. The second-order valence-electron chi connectivity index (χ2n) is 5.82. The van der Waals surface area contributed by atoms with Gasteiger partial charge in [0.2, 0.25) is 5.82 Å². The molecule has 7 nitrogen and oxygen atoms in total. The Morgan fingerprint density at radius 3 is 2.67 bits per heavy atom. The zero-order valence-corrected chi connectivity index (χ0v) is 12.7. The molecule has 1 aromatic rings. The number of hydrogen-bond donors (Lipinski definition) is 2. The van der Waals surface area contributed by atoms with Gasteiger partial charge in [0.25, 0.3) is 0 Å². The van der Waals surface area contributed by atoms with Gasteiger partial charge in [0.1, 0.15) is 5.69 Å². The van der Waals surface area contributed by atoms with Gasteiger partial charge in [0.05, 0.1) is 11.0 Å². The maximum atomic E-state index is 11.2. The summed E-state index contributed by atoms with van der Waals surface area (Å²) in [6.45, 7) is 5.06. The highest BCUT2D eigenvalue weighted by Gasteiger charge is 2.26. The molecule has 1 saturated carbocycles. The van der Waals surface area contributed by atoms with Gasteiger partial charge in [-0.2, -0.15) is 5.10 Å². The van der Waals surface area contributed by atoms with Crippen molar-refractivity contribution in [2.45, 2.75) is 58.6 Å². The van der Waals surface area contributed by atoms with E-state index in [9.17, 15) is 15.2 Å². The number of nitrogens with zero attached hydrogens (tertiary/aromatic N) is 3. The molecule has 0 unspecified atom stereocenters. The monoisotopic (exact) mass is 296 g/mol. The number of aliphatic hydroxyl groups excluding tert-OH is 1. The van der Waals surface area contributed by atoms with E-state index in [1.807, 2.05) is 6.92 Å². The highest BCUT2D eigenvalue weighted by Crippen LogP contribution is 2.30. The molecular weight excluding hydrogens is 272 g/mol. The van der Waals surface area contributed by atoms with Gasteiger partial charge in [-0.1, -0.05) is 6.92 Å². The van der Waals surface area contributed by atoms with Gasteiger partial charge in [-0.25, -0.2) is 4.68 Å². The van der Waals surface area contributed by atoms with Gasteiger partial charge >= 0.3 is 5.69 Å². The van der Waals surface area contributed by atoms with Crippen molar-refractivity contribution < 1.29 is 10.0 Å². The summed E-state index contributed by atoms with van der Waals surface area (Å²) < 4.78 is 1.70. The van der Waals surface area contributed by atoms with E-state index in [2.05, 4.69) is 10.4 Å². The number of nitrogens with one attached hydrogen (secondary N) is 1. The topological polar surface area (TPSA) is 93.2 Å². The highest BCUT2D eigenvalue weighted by molar-refractivity contribution is 5.59. The van der Waals surface area contributed by atoms with Crippen LogP contribution in [0.15, 0.2) is 0 Å². The third kappa shape index (κ3) is 3.72. The van der Waals surface area contributed by atoms with Crippen molar-refractivity contribution in [3.63, 3.8) is 0 Å². The highest BCUT2D eigenvalue weighted by atomic mass is 16.6. The van der Waals surface area contributed by atoms with E-state index in [1.54, 1.807) is 11.6 Å². The molecule has 21 heavy (non-hydrogen) atoms. The molecule has 1 aliphatic carbocycles. The predicted molar refractivity (Wildman–Crippen MR) is 80.4 cm³/mol. The predicted octanol–water partition coefficient (Wildman–Crippen LogP) is 2.47. The summed E-state index contributed by atoms with van der Waals surface area (Å²) in [7, 11) is 0. The number of aryl methyl sites for hydroxylation is 2. The number of anilines is 1. The van der Waals surface area contributed by atoms with Crippen molar-refractivity contribution in [1.29, 1.82) is 0 Å². The van der Waals surface area contributed by atoms with Crippen molar-refractivity contribution >= 4 is 11.5 Å². The molecule has 2 rings (SSSR count). The number of nitro groups is 1. The van der Waals surface area contributed by atoms with E-state index < -0.39 is 0 Å². The molecule has 0 aromatic carbocycles. The molecule has 118 valence electrons. The maximum absolute atomic E-state index is 11.2. The lowest BCUT2D eigenvalue weighted by molar-refractivity contribution is -0.384. The molecule has 7 heteroatoms. The van der Waals surface area contributed by atoms with Crippen molar-refractivity contribution in [1.82, 2.24) is 9.78 Å². The fourth-order valence-corrected chi connectivity index (χ4v) is 2.93. The van der Waals surface area contributed by atoms with Crippen LogP contribution in [0, 0.1) is 23.0 Å². The Morgan fingerprint density at radius 1 is 1.43 bits per heavy atom. The number of hydrogen-bond acceptors (Lipinski definition) is 5. The first kappa shape index (κ1) is 15.8. The van der Waals surface area contributed by atoms with Gasteiger partial charge in [-0.3, -0.25) is 10.1 Å². The Bertz CT molecular complexity index is 493. The van der Waals surface area contributed by atoms with Crippen LogP contribution in [0.3, 0.4) is 0 Å². The molecule has 1 fully saturated rings. The summed E-state index contributed by atoms with van der Waals surface area (Å²) >= 11 is 0. The zero-order valence-electron chi connectivity index (χ0n) is 12.7. The van der Waals surface area contributed by atoms with Crippen LogP contribution in [0.4, 0.5) is 11.5 Å². The Hall–Kier alpha value is -1.63. The van der Waals surface area contributed by atoms with Crippen LogP contribution in [0.2, 0.25) is 0 Å². The molecule has 0 radical (unpaired) electrons. The molecule has 0 bridgehead atoms. The average Bonchev–Trinajstić information content (AvgIpc) is 2.74. The minimum absolute atomic E-state index is 0.0827. The summed E-state index contributed by atoms with van der Waals surface area (Å²) in [4.78, 5) is 10.9. The summed E-state index contributed by atoms with van der Waals surface area (Å²) in [5.41, 5.74) is 0.536. The first-order valence-corrected chi connectivity index (χ1v) is 7.66. The number of aromatic nitrogens is 2. The summed E-state index contributed by atoms with van der Waals surface area (Å²) in [6, 6.07) is 0. The van der Waals surface area contributed by atoms with E-state index in [0.29, 0.717) is 30.5 Å². The third-order valence-corrected chi connectivity index (χ3v) is 4.09. The normalized spacial score (nSPS) is 22.2. The van der Waals surface area contributed by atoms with Crippen molar-refractivity contribution in [3.8, 4) is 0 Å². The van der Waals surface area contributed by atoms with Crippen LogP contribution in [0.25, 0.3) is 0 Å². The maximum Gasteiger partial charge on any atom is 0.333 e. The van der Waals surface area contributed by atoms with Crippen LogP contribution in [0.1, 0.15) is 44.7 Å². The van der Waals surface area contributed by atoms with Crippen LogP contribution < -0.4 is 5.32 Å². The van der Waals surface area contributed by atoms with E-state index in [1.165, 1.54) is 0 Å². The smallest absolute Gasteiger partial charge is 0.333 e. The second kappa shape index (κ2) is 6.89. The molecule has 1 aromatic heterocycles. The standard InChI is InChI=1S/C14H24N4O3/c1-3-8-17-14(13(18(20)21)10(2)16-17)15-9-11-4-6-12(19)7-5-11/h11-12,15,19H,3-9H2,1-2H3. The second-order valence-corrected chi connectivity index (χ2v) is 5.82. The zero-order chi connectivity index (χ0) is 15.4. The Morgan fingerprint density at radius 2 is 2.10 bits per heavy atom. The van der Waals surface area contributed by atoms with E-state index in [4.69, 9.17) is 0 Å². The average molecular weight is 296 g/mol. The molecule has 0 amide bonds. The van der Waals surface area contributed by atoms with E-state index >= 15 is 0 Å². The first-order valence-electron chi connectivity index (χ1n) is 7.66. The molecule has 0 saturated heterocycles. The lowest BCUT2D eigenvalue weighted by Crippen LogP contribution is -2.24. The SMILES string of the molecule is CCCn1nc(C)c([N+](=O)[O-])c1NCC1CCC(O)CC1. The van der Waals surface area contributed by atoms with Crippen molar-refractivity contribution in [3.05, 3.63) is 15.8 Å². The van der Waals surface area contributed by atoms with Gasteiger partial charge < -0.3 is 10.4 Å². The fraction of sp³-hybridized carbons (Fsp3) is 0.786. The molecular formula is C14H24N4O3. The van der Waals surface area contributed by atoms with Gasteiger partial charge in [-0.15, -0.1) is 0 Å². The van der Waals surface area contributed by atoms with Gasteiger partial charge in [0, 0.05) is 13.1 Å². The molecule has 0 atom stereocenters. The van der Waals surface area contributed by atoms with Crippen molar-refractivity contribution in [2.24, 2.45) is 5.92 Å². The van der Waals surface area contributed by atoms with E-state index in [-0.39, 0.29) is 16.7 Å². The van der Waals surface area contributed by atoms with Crippen LogP contribution in [-0.4, -0.2) is 32.5 Å². The quantitative estimate of drug-likeness (QED) is 0.621. The number of aliphatic hydroxyl groups is 1. The van der Waals surface area contributed by atoms with Crippen LogP contribution in [0.5, 0.6) is 0 Å². The molecule has 0 spiro atoms. The molecule has 0 aliphatic heterocycles. The Labute approximate surface area is 124 Å². The largest absolute Gasteiger partial charge is 0.393 e. The van der Waals surface area contributed by atoms with Gasteiger partial charge in [-0.05, 0) is 44.9 Å². The fourth-order valence-electron chi connectivity index (χ4n) is 2.93. The Balaban J connectivity index is 2.08. The minimum atomic E-state index is -0.360. The van der Waals surface area contributed by atoms with Crippen molar-refractivity contribution in [2.75, 3.05) is 11.9 Å². The summed E-state index contributed by atoms with van der Waals surface area (Å²) in [5, 5.41) is 28.3. The molecule has 1 aliphatic rings. The summed E-state index contributed by atoms with van der Waals surface area (Å²) in [6.07, 6.45) is 4.26. The number of rotatable bonds is 6. The Kier molecular flexibility index (Phi) is 5.17. The molecule has 2 N–H and O–H groups in total.